The van der Waals surface area contributed by atoms with Crippen molar-refractivity contribution in [2.75, 3.05) is 15.8 Å². The summed E-state index contributed by atoms with van der Waals surface area (Å²) in [5.41, 5.74) is 4.63. The monoisotopic (exact) mass is 393 g/mol. The summed E-state index contributed by atoms with van der Waals surface area (Å²) >= 11 is 0. The number of fused-ring (bicyclic) bond motifs is 1. The summed E-state index contributed by atoms with van der Waals surface area (Å²) in [6.07, 6.45) is 5.63. The predicted molar refractivity (Wildman–Crippen MR) is 112 cm³/mol. The van der Waals surface area contributed by atoms with Crippen LogP contribution in [0.4, 0.5) is 17.2 Å². The second kappa shape index (κ2) is 8.13. The van der Waals surface area contributed by atoms with Gasteiger partial charge in [-0.2, -0.15) is 0 Å². The van der Waals surface area contributed by atoms with Crippen molar-refractivity contribution in [1.82, 2.24) is 24.9 Å². The first kappa shape index (κ1) is 18.1. The number of aromatic nitrogens is 5. The highest BCUT2D eigenvalue weighted by Gasteiger charge is 2.12. The molecule has 9 heteroatoms. The molecule has 0 amide bonds. The fraction of sp³-hybridized carbons (Fsp3) is 0.158. The zero-order chi connectivity index (χ0) is 19.3. The molecule has 0 fully saturated rings. The Hall–Kier alpha value is -3.33. The molecule has 0 aliphatic rings. The molecular weight excluding hydrogens is 374 g/mol. The lowest BCUT2D eigenvalue weighted by atomic mass is 10.1. The third kappa shape index (κ3) is 3.84. The molecule has 0 saturated carbocycles. The number of para-hydroxylation sites is 1. The van der Waals surface area contributed by atoms with Gasteiger partial charge in [-0.1, -0.05) is 25.1 Å². The lowest BCUT2D eigenvalue weighted by Crippen LogP contribution is -2.08. The Morgan fingerprint density at radius 3 is 2.89 bits per heavy atom. The number of rotatable bonds is 7. The van der Waals surface area contributed by atoms with Gasteiger partial charge in [-0.3, -0.25) is 0 Å². The second-order valence-electron chi connectivity index (χ2n) is 6.08. The van der Waals surface area contributed by atoms with E-state index in [0.29, 0.717) is 17.2 Å². The average Bonchev–Trinajstić information content (AvgIpc) is 3.18. The molecule has 1 atom stereocenters. The van der Waals surface area contributed by atoms with E-state index in [0.717, 1.165) is 34.6 Å². The summed E-state index contributed by atoms with van der Waals surface area (Å²) in [4.78, 5) is 20.3. The summed E-state index contributed by atoms with van der Waals surface area (Å²) in [6, 6.07) is 11.4. The van der Waals surface area contributed by atoms with E-state index < -0.39 is 11.0 Å². The highest BCUT2D eigenvalue weighted by molar-refractivity contribution is 7.86. The van der Waals surface area contributed by atoms with Gasteiger partial charge >= 0.3 is 0 Å². The van der Waals surface area contributed by atoms with Gasteiger partial charge in [0.25, 0.3) is 0 Å². The van der Waals surface area contributed by atoms with Gasteiger partial charge in [-0.05, 0) is 18.6 Å². The molecule has 0 radical (unpaired) electrons. The van der Waals surface area contributed by atoms with Crippen LogP contribution in [0.5, 0.6) is 0 Å². The van der Waals surface area contributed by atoms with Crippen LogP contribution in [0.3, 0.4) is 0 Å². The van der Waals surface area contributed by atoms with Crippen molar-refractivity contribution in [1.29, 1.82) is 0 Å². The number of nitrogens with one attached hydrogen (secondary N) is 3. The highest BCUT2D eigenvalue weighted by atomic mass is 32.2. The number of H-pyrrole nitrogens is 1. The minimum Gasteiger partial charge on any atom is -0.341 e. The molecule has 3 heterocycles. The Kier molecular flexibility index (Phi) is 5.24. The fourth-order valence-electron chi connectivity index (χ4n) is 2.84. The van der Waals surface area contributed by atoms with Crippen LogP contribution >= 0.6 is 0 Å². The van der Waals surface area contributed by atoms with E-state index in [1.54, 1.807) is 18.6 Å². The molecule has 4 aromatic rings. The Morgan fingerprint density at radius 2 is 2.00 bits per heavy atom. The van der Waals surface area contributed by atoms with Crippen molar-refractivity contribution in [2.45, 2.75) is 13.3 Å². The van der Waals surface area contributed by atoms with Crippen molar-refractivity contribution in [3.8, 4) is 11.3 Å². The molecule has 0 spiro atoms. The number of hydrogen-bond donors (Lipinski definition) is 3. The molecule has 0 aliphatic carbocycles. The number of hydrogen-bond acceptors (Lipinski definition) is 6. The summed E-state index contributed by atoms with van der Waals surface area (Å²) in [7, 11) is -1.10. The van der Waals surface area contributed by atoms with Crippen molar-refractivity contribution in [3.05, 3.63) is 55.2 Å². The molecule has 28 heavy (non-hydrogen) atoms. The van der Waals surface area contributed by atoms with Crippen molar-refractivity contribution in [2.24, 2.45) is 0 Å². The summed E-state index contributed by atoms with van der Waals surface area (Å²) < 4.78 is 15.0. The zero-order valence-corrected chi connectivity index (χ0v) is 16.0. The van der Waals surface area contributed by atoms with E-state index in [9.17, 15) is 4.21 Å². The van der Waals surface area contributed by atoms with Gasteiger partial charge in [0, 0.05) is 29.3 Å². The standard InChI is InChI=1S/C19H19N7OS/c1-2-9-28(27)26-13-7-8-20-16(10-13)25-15-6-4-3-5-14(15)17-18-19(23-11-21-17)24-12-22-18/h3-8,10-12H,2,9H2,1H3,(H2,20,25,26)(H,21,22,23,24). The predicted octanol–water partition coefficient (Wildman–Crippen LogP) is 3.64. The third-order valence-electron chi connectivity index (χ3n) is 4.05. The van der Waals surface area contributed by atoms with E-state index in [1.165, 1.54) is 6.33 Å². The maximum absolute atomic E-state index is 12.0. The lowest BCUT2D eigenvalue weighted by Gasteiger charge is -2.12. The molecule has 1 aromatic carbocycles. The molecule has 0 saturated heterocycles. The molecule has 142 valence electrons. The molecule has 3 aromatic heterocycles. The van der Waals surface area contributed by atoms with Crippen LogP contribution in [0.15, 0.2) is 55.2 Å². The number of aromatic amines is 1. The van der Waals surface area contributed by atoms with Crippen molar-refractivity contribution < 1.29 is 4.21 Å². The average molecular weight is 393 g/mol. The Morgan fingerprint density at radius 1 is 1.11 bits per heavy atom. The fourth-order valence-corrected chi connectivity index (χ4v) is 3.70. The number of anilines is 3. The molecule has 3 N–H and O–H groups in total. The third-order valence-corrected chi connectivity index (χ3v) is 5.29. The van der Waals surface area contributed by atoms with Crippen LogP contribution in [0, 0.1) is 0 Å². The number of pyridine rings is 1. The lowest BCUT2D eigenvalue weighted by molar-refractivity contribution is 0.685. The number of imidazole rings is 1. The van der Waals surface area contributed by atoms with Gasteiger partial charge in [0.1, 0.15) is 34.3 Å². The smallest absolute Gasteiger partial charge is 0.181 e. The second-order valence-corrected chi connectivity index (χ2v) is 7.38. The van der Waals surface area contributed by atoms with Gasteiger partial charge in [-0.25, -0.2) is 24.1 Å². The number of benzene rings is 1. The first-order valence-electron chi connectivity index (χ1n) is 8.86. The normalized spacial score (nSPS) is 12.0. The van der Waals surface area contributed by atoms with Gasteiger partial charge in [0.15, 0.2) is 5.65 Å². The van der Waals surface area contributed by atoms with Gasteiger partial charge < -0.3 is 15.0 Å². The van der Waals surface area contributed by atoms with Crippen LogP contribution in [0.1, 0.15) is 13.3 Å². The first-order chi connectivity index (χ1) is 13.7. The molecule has 1 unspecified atom stereocenters. The van der Waals surface area contributed by atoms with Gasteiger partial charge in [-0.15, -0.1) is 0 Å². The summed E-state index contributed by atoms with van der Waals surface area (Å²) in [5, 5.41) is 3.33. The van der Waals surface area contributed by atoms with E-state index in [2.05, 4.69) is 35.0 Å². The van der Waals surface area contributed by atoms with Crippen LogP contribution in [-0.4, -0.2) is 34.9 Å². The Balaban J connectivity index is 1.65. The van der Waals surface area contributed by atoms with E-state index in [4.69, 9.17) is 0 Å². The van der Waals surface area contributed by atoms with Crippen molar-refractivity contribution >= 4 is 39.3 Å². The molecule has 0 bridgehead atoms. The summed E-state index contributed by atoms with van der Waals surface area (Å²) in [5.74, 6) is 1.24. The molecular formula is C19H19N7OS. The molecule has 8 nitrogen and oxygen atoms in total. The highest BCUT2D eigenvalue weighted by Crippen LogP contribution is 2.31. The maximum Gasteiger partial charge on any atom is 0.181 e. The first-order valence-corrected chi connectivity index (χ1v) is 10.2. The summed E-state index contributed by atoms with van der Waals surface area (Å²) in [6.45, 7) is 2.00. The number of nitrogens with zero attached hydrogens (tertiary/aromatic N) is 4. The molecule has 4 rings (SSSR count). The minimum absolute atomic E-state index is 0.599. The van der Waals surface area contributed by atoms with E-state index >= 15 is 0 Å². The van der Waals surface area contributed by atoms with Crippen LogP contribution in [-0.2, 0) is 11.0 Å². The zero-order valence-electron chi connectivity index (χ0n) is 15.2. The Labute approximate surface area is 164 Å². The van der Waals surface area contributed by atoms with Crippen molar-refractivity contribution in [3.63, 3.8) is 0 Å². The van der Waals surface area contributed by atoms with Crippen LogP contribution in [0.2, 0.25) is 0 Å². The minimum atomic E-state index is -1.10. The van der Waals surface area contributed by atoms with Gasteiger partial charge in [0.05, 0.1) is 12.0 Å². The topological polar surface area (TPSA) is 108 Å². The molecule has 0 aliphatic heterocycles. The van der Waals surface area contributed by atoms with E-state index in [-0.39, 0.29) is 0 Å². The van der Waals surface area contributed by atoms with Gasteiger partial charge in [0.2, 0.25) is 0 Å². The van der Waals surface area contributed by atoms with Crippen LogP contribution < -0.4 is 10.0 Å². The Bertz CT molecular complexity index is 1130. The van der Waals surface area contributed by atoms with E-state index in [1.807, 2.05) is 37.3 Å². The van der Waals surface area contributed by atoms with Crippen LogP contribution in [0.25, 0.3) is 22.4 Å². The maximum atomic E-state index is 12.0. The SMILES string of the molecule is CCCS(=O)Nc1ccnc(Nc2ccccc2-c2ncnc3nc[nH]c23)c1. The quantitative estimate of drug-likeness (QED) is 0.442. The largest absolute Gasteiger partial charge is 0.341 e.